The molecule has 0 N–H and O–H groups in total. The lowest BCUT2D eigenvalue weighted by Gasteiger charge is -2.05. The monoisotopic (exact) mass is 250 g/mol. The lowest BCUT2D eigenvalue weighted by atomic mass is 9.99. The van der Waals surface area contributed by atoms with E-state index in [1.165, 1.54) is 0 Å². The van der Waals surface area contributed by atoms with Gasteiger partial charge < -0.3 is 4.42 Å². The summed E-state index contributed by atoms with van der Waals surface area (Å²) in [5.74, 6) is 0.512. The average molecular weight is 251 g/mol. The maximum absolute atomic E-state index is 12.1. The maximum atomic E-state index is 12.1. The molecule has 0 aliphatic rings. The molecule has 2 nitrogen and oxygen atoms in total. The van der Waals surface area contributed by atoms with Crippen LogP contribution in [0.4, 0.5) is 0 Å². The minimum Gasteiger partial charge on any atom is -0.453 e. The summed E-state index contributed by atoms with van der Waals surface area (Å²) >= 11 is 5.89. The van der Waals surface area contributed by atoms with E-state index in [1.54, 1.807) is 18.2 Å². The van der Waals surface area contributed by atoms with E-state index < -0.39 is 0 Å². The second kappa shape index (κ2) is 4.92. The quantitative estimate of drug-likeness (QED) is 0.736. The Bertz CT molecular complexity index is 542. The van der Waals surface area contributed by atoms with Gasteiger partial charge in [-0.05, 0) is 30.7 Å². The van der Waals surface area contributed by atoms with Gasteiger partial charge in [0.1, 0.15) is 5.58 Å². The molecule has 1 atom stereocenters. The molecule has 17 heavy (non-hydrogen) atoms. The number of carbonyl (C=O) groups excluding carboxylic acids is 1. The van der Waals surface area contributed by atoms with Crippen molar-refractivity contribution in [1.29, 1.82) is 0 Å². The fraction of sp³-hybridized carbons (Fsp3) is 0.357. The predicted octanol–water partition coefficient (Wildman–Crippen LogP) is 4.71. The van der Waals surface area contributed by atoms with Crippen LogP contribution in [0.1, 0.15) is 37.2 Å². The van der Waals surface area contributed by atoms with Crippen molar-refractivity contribution in [2.24, 2.45) is 5.92 Å². The molecule has 0 spiro atoms. The third-order valence-corrected chi connectivity index (χ3v) is 3.13. The number of carbonyl (C=O) groups is 1. The highest BCUT2D eigenvalue weighted by Gasteiger charge is 2.18. The van der Waals surface area contributed by atoms with E-state index >= 15 is 0 Å². The van der Waals surface area contributed by atoms with Gasteiger partial charge in [-0.2, -0.15) is 0 Å². The van der Waals surface area contributed by atoms with Crippen LogP contribution in [0, 0.1) is 5.92 Å². The molecule has 2 rings (SSSR count). The van der Waals surface area contributed by atoms with Gasteiger partial charge in [-0.25, -0.2) is 0 Å². The van der Waals surface area contributed by atoms with Crippen molar-refractivity contribution in [2.45, 2.75) is 26.7 Å². The van der Waals surface area contributed by atoms with Crippen LogP contribution >= 0.6 is 11.6 Å². The summed E-state index contributed by atoms with van der Waals surface area (Å²) in [5, 5.41) is 1.53. The van der Waals surface area contributed by atoms with Crippen molar-refractivity contribution in [3.8, 4) is 0 Å². The Balaban J connectivity index is 2.33. The summed E-state index contributed by atoms with van der Waals surface area (Å²) in [6, 6.07) is 7.13. The topological polar surface area (TPSA) is 30.2 Å². The molecular formula is C14H15ClO2. The minimum atomic E-state index is 0.0102. The molecule has 0 saturated heterocycles. The third kappa shape index (κ3) is 2.52. The summed E-state index contributed by atoms with van der Waals surface area (Å²) in [4.78, 5) is 12.1. The number of ketones is 1. The Morgan fingerprint density at radius 1 is 1.41 bits per heavy atom. The van der Waals surface area contributed by atoms with Crippen LogP contribution < -0.4 is 0 Å². The van der Waals surface area contributed by atoms with E-state index in [2.05, 4.69) is 6.92 Å². The summed E-state index contributed by atoms with van der Waals surface area (Å²) in [6.07, 6.45) is 1.88. The summed E-state index contributed by atoms with van der Waals surface area (Å²) in [7, 11) is 0. The van der Waals surface area contributed by atoms with Gasteiger partial charge in [0.15, 0.2) is 5.76 Å². The molecular weight excluding hydrogens is 236 g/mol. The molecule has 0 fully saturated rings. The fourth-order valence-corrected chi connectivity index (χ4v) is 2.12. The first-order chi connectivity index (χ1) is 8.11. The summed E-state index contributed by atoms with van der Waals surface area (Å²) in [5.41, 5.74) is 0.710. The van der Waals surface area contributed by atoms with Gasteiger partial charge in [0.2, 0.25) is 5.78 Å². The first-order valence-corrected chi connectivity index (χ1v) is 6.23. The van der Waals surface area contributed by atoms with Gasteiger partial charge in [0.05, 0.1) is 0 Å². The Labute approximate surface area is 106 Å². The zero-order valence-electron chi connectivity index (χ0n) is 10.00. The zero-order valence-corrected chi connectivity index (χ0v) is 10.8. The van der Waals surface area contributed by atoms with Crippen molar-refractivity contribution < 1.29 is 9.21 Å². The van der Waals surface area contributed by atoms with Crippen molar-refractivity contribution in [2.75, 3.05) is 0 Å². The average Bonchev–Trinajstić information content (AvgIpc) is 2.71. The molecule has 0 saturated carbocycles. The highest BCUT2D eigenvalue weighted by atomic mass is 35.5. The van der Waals surface area contributed by atoms with Crippen LogP contribution in [0.2, 0.25) is 5.02 Å². The standard InChI is InChI=1S/C14H15ClO2/c1-3-4-9(2)14(16)13-8-10-7-11(15)5-6-12(10)17-13/h5-9H,3-4H2,1-2H3. The van der Waals surface area contributed by atoms with Crippen LogP contribution in [0.25, 0.3) is 11.0 Å². The van der Waals surface area contributed by atoms with Crippen LogP contribution in [0.5, 0.6) is 0 Å². The van der Waals surface area contributed by atoms with Crippen LogP contribution in [-0.2, 0) is 0 Å². The number of benzene rings is 1. The first kappa shape index (κ1) is 12.2. The van der Waals surface area contributed by atoms with Crippen molar-refractivity contribution in [1.82, 2.24) is 0 Å². The van der Waals surface area contributed by atoms with Crippen molar-refractivity contribution in [3.63, 3.8) is 0 Å². The highest BCUT2D eigenvalue weighted by molar-refractivity contribution is 6.31. The molecule has 0 radical (unpaired) electrons. The highest BCUT2D eigenvalue weighted by Crippen LogP contribution is 2.25. The number of rotatable bonds is 4. The Morgan fingerprint density at radius 3 is 2.88 bits per heavy atom. The van der Waals surface area contributed by atoms with E-state index in [9.17, 15) is 4.79 Å². The molecule has 0 bridgehead atoms. The second-order valence-electron chi connectivity index (χ2n) is 4.35. The Morgan fingerprint density at radius 2 is 2.18 bits per heavy atom. The van der Waals surface area contributed by atoms with E-state index in [0.29, 0.717) is 16.4 Å². The normalized spacial score (nSPS) is 12.9. The number of halogens is 1. The van der Waals surface area contributed by atoms with Gasteiger partial charge >= 0.3 is 0 Å². The van der Waals surface area contributed by atoms with Crippen LogP contribution in [-0.4, -0.2) is 5.78 Å². The van der Waals surface area contributed by atoms with E-state index in [1.807, 2.05) is 13.0 Å². The SMILES string of the molecule is CCCC(C)C(=O)c1cc2cc(Cl)ccc2o1. The van der Waals surface area contributed by atoms with Gasteiger partial charge in [0.25, 0.3) is 0 Å². The van der Waals surface area contributed by atoms with E-state index in [0.717, 1.165) is 18.2 Å². The van der Waals surface area contributed by atoms with Crippen molar-refractivity contribution >= 4 is 28.4 Å². The Hall–Kier alpha value is -1.28. The third-order valence-electron chi connectivity index (χ3n) is 2.89. The Kier molecular flexibility index (Phi) is 3.53. The number of Topliss-reactive ketones (excluding diaryl/α,β-unsaturated/α-hetero) is 1. The molecule has 0 aliphatic heterocycles. The zero-order chi connectivity index (χ0) is 12.4. The number of hydrogen-bond acceptors (Lipinski definition) is 2. The second-order valence-corrected chi connectivity index (χ2v) is 4.78. The van der Waals surface area contributed by atoms with Crippen LogP contribution in [0.15, 0.2) is 28.7 Å². The molecule has 1 aromatic heterocycles. The molecule has 1 heterocycles. The predicted molar refractivity (Wildman–Crippen MR) is 69.6 cm³/mol. The lowest BCUT2D eigenvalue weighted by Crippen LogP contribution is -2.09. The molecule has 1 unspecified atom stereocenters. The van der Waals surface area contributed by atoms with Gasteiger partial charge in [0, 0.05) is 16.3 Å². The van der Waals surface area contributed by atoms with E-state index in [-0.39, 0.29) is 11.7 Å². The lowest BCUT2D eigenvalue weighted by molar-refractivity contribution is 0.0897. The smallest absolute Gasteiger partial charge is 0.200 e. The molecule has 0 amide bonds. The molecule has 90 valence electrons. The molecule has 2 aromatic rings. The first-order valence-electron chi connectivity index (χ1n) is 5.85. The molecule has 0 aliphatic carbocycles. The number of fused-ring (bicyclic) bond motifs is 1. The fourth-order valence-electron chi connectivity index (χ4n) is 1.94. The largest absolute Gasteiger partial charge is 0.453 e. The number of hydrogen-bond donors (Lipinski definition) is 0. The van der Waals surface area contributed by atoms with Gasteiger partial charge in [-0.1, -0.05) is 31.9 Å². The number of furan rings is 1. The summed E-state index contributed by atoms with van der Waals surface area (Å²) < 4.78 is 5.54. The molecule has 3 heteroatoms. The van der Waals surface area contributed by atoms with Gasteiger partial charge in [-0.15, -0.1) is 0 Å². The minimum absolute atomic E-state index is 0.0102. The van der Waals surface area contributed by atoms with Gasteiger partial charge in [-0.3, -0.25) is 4.79 Å². The maximum Gasteiger partial charge on any atom is 0.200 e. The van der Waals surface area contributed by atoms with Crippen LogP contribution in [0.3, 0.4) is 0 Å². The van der Waals surface area contributed by atoms with Crippen molar-refractivity contribution in [3.05, 3.63) is 35.0 Å². The summed E-state index contributed by atoms with van der Waals surface area (Å²) in [6.45, 7) is 4.01. The van der Waals surface area contributed by atoms with E-state index in [4.69, 9.17) is 16.0 Å². The molecule has 1 aromatic carbocycles.